The number of carbonyl (C=O) groups excluding carboxylic acids is 1. The van der Waals surface area contributed by atoms with Crippen LogP contribution in [0.1, 0.15) is 36.7 Å². The molecule has 0 saturated carbocycles. The average molecular weight is 262 g/mol. The molecule has 0 aromatic carbocycles. The molecule has 1 heterocycles. The Morgan fingerprint density at radius 1 is 1.33 bits per heavy atom. The Labute approximate surface area is 102 Å². The fourth-order valence-corrected chi connectivity index (χ4v) is 1.26. The Morgan fingerprint density at radius 2 is 1.89 bits per heavy atom. The van der Waals surface area contributed by atoms with Crippen LogP contribution in [0.15, 0.2) is 12.3 Å². The summed E-state index contributed by atoms with van der Waals surface area (Å²) in [5.74, 6) is -1.64. The highest BCUT2D eigenvalue weighted by Gasteiger charge is 2.38. The Hall–Kier alpha value is -1.79. The Bertz CT molecular complexity index is 464. The first kappa shape index (κ1) is 14.3. The molecular weight excluding hydrogens is 249 g/mol. The number of halogens is 3. The van der Waals surface area contributed by atoms with Gasteiger partial charge in [-0.25, -0.2) is 9.78 Å². The number of rotatable bonds is 1. The number of pyridine rings is 1. The molecule has 2 N–H and O–H groups in total. The minimum absolute atomic E-state index is 0.501. The molecule has 0 spiro atoms. The summed E-state index contributed by atoms with van der Waals surface area (Å²) in [5, 5.41) is 0. The van der Waals surface area contributed by atoms with Crippen molar-refractivity contribution in [2.24, 2.45) is 0 Å². The van der Waals surface area contributed by atoms with Crippen molar-refractivity contribution in [2.45, 2.75) is 32.5 Å². The normalized spacial score (nSPS) is 12.3. The van der Waals surface area contributed by atoms with Gasteiger partial charge in [0.2, 0.25) is 0 Å². The third kappa shape index (κ3) is 3.35. The third-order valence-electron chi connectivity index (χ3n) is 1.89. The van der Waals surface area contributed by atoms with Crippen LogP contribution < -0.4 is 5.73 Å². The number of carbonyl (C=O) groups is 1. The van der Waals surface area contributed by atoms with Crippen molar-refractivity contribution >= 4 is 11.8 Å². The second-order valence-corrected chi connectivity index (χ2v) is 4.62. The highest BCUT2D eigenvalue weighted by atomic mass is 19.4. The predicted octanol–water partition coefficient (Wildman–Crippen LogP) is 2.64. The molecular formula is C11H13F3N2O2. The molecule has 100 valence electrons. The van der Waals surface area contributed by atoms with Crippen molar-refractivity contribution in [3.8, 4) is 0 Å². The number of ether oxygens (including phenoxy) is 1. The first-order chi connectivity index (χ1) is 8.02. The summed E-state index contributed by atoms with van der Waals surface area (Å²) in [5.41, 5.74) is 2.51. The van der Waals surface area contributed by atoms with Crippen LogP contribution in [0.3, 0.4) is 0 Å². The molecule has 0 aliphatic heterocycles. The summed E-state index contributed by atoms with van der Waals surface area (Å²) in [6, 6.07) is 0.690. The number of nitrogen functional groups attached to an aromatic ring is 1. The van der Waals surface area contributed by atoms with Crippen molar-refractivity contribution in [2.75, 3.05) is 5.73 Å². The van der Waals surface area contributed by atoms with E-state index in [4.69, 9.17) is 10.5 Å². The smallest absolute Gasteiger partial charge is 0.417 e. The summed E-state index contributed by atoms with van der Waals surface area (Å²) in [7, 11) is 0. The first-order valence-electron chi connectivity index (χ1n) is 5.07. The average Bonchev–Trinajstić information content (AvgIpc) is 2.12. The van der Waals surface area contributed by atoms with E-state index in [1.165, 1.54) is 0 Å². The van der Waals surface area contributed by atoms with Crippen molar-refractivity contribution in [3.05, 3.63) is 23.4 Å². The number of nitrogens with zero attached hydrogens (tertiary/aromatic N) is 1. The number of hydrogen-bond acceptors (Lipinski definition) is 4. The van der Waals surface area contributed by atoms with E-state index in [0.717, 1.165) is 6.20 Å². The molecule has 0 fully saturated rings. The number of hydrogen-bond donors (Lipinski definition) is 1. The van der Waals surface area contributed by atoms with E-state index in [1.807, 2.05) is 0 Å². The Morgan fingerprint density at radius 3 is 2.33 bits per heavy atom. The van der Waals surface area contributed by atoms with E-state index in [0.29, 0.717) is 6.07 Å². The van der Waals surface area contributed by atoms with Gasteiger partial charge in [-0.1, -0.05) is 0 Å². The lowest BCUT2D eigenvalue weighted by atomic mass is 10.1. The molecule has 4 nitrogen and oxygen atoms in total. The summed E-state index contributed by atoms with van der Waals surface area (Å²) in [4.78, 5) is 15.2. The summed E-state index contributed by atoms with van der Waals surface area (Å²) in [6.07, 6.45) is -3.80. The maximum Gasteiger partial charge on any atom is 0.417 e. The van der Waals surface area contributed by atoms with Crippen LogP contribution in [0, 0.1) is 0 Å². The minimum atomic E-state index is -4.69. The molecule has 0 saturated heterocycles. The van der Waals surface area contributed by atoms with E-state index >= 15 is 0 Å². The SMILES string of the molecule is CC(C)(C)OC(=O)c1c(C(F)(F)F)ccnc1N. The van der Waals surface area contributed by atoms with Crippen LogP contribution in [0.4, 0.5) is 19.0 Å². The fourth-order valence-electron chi connectivity index (χ4n) is 1.26. The predicted molar refractivity (Wildman–Crippen MR) is 58.8 cm³/mol. The summed E-state index contributed by atoms with van der Waals surface area (Å²) in [6.45, 7) is 4.64. The zero-order chi connectivity index (χ0) is 14.1. The second-order valence-electron chi connectivity index (χ2n) is 4.62. The molecule has 1 rings (SSSR count). The molecule has 0 aliphatic rings. The topological polar surface area (TPSA) is 65.2 Å². The zero-order valence-electron chi connectivity index (χ0n) is 10.1. The number of aromatic nitrogens is 1. The first-order valence-corrected chi connectivity index (χ1v) is 5.07. The van der Waals surface area contributed by atoms with Gasteiger partial charge in [0.05, 0.1) is 5.56 Å². The van der Waals surface area contributed by atoms with Gasteiger partial charge >= 0.3 is 12.1 Å². The van der Waals surface area contributed by atoms with E-state index in [-0.39, 0.29) is 0 Å². The molecule has 7 heteroatoms. The summed E-state index contributed by atoms with van der Waals surface area (Å²) < 4.78 is 43.1. The minimum Gasteiger partial charge on any atom is -0.456 e. The molecule has 0 amide bonds. The highest BCUT2D eigenvalue weighted by molar-refractivity contribution is 5.96. The lowest BCUT2D eigenvalue weighted by molar-refractivity contribution is -0.138. The fraction of sp³-hybridized carbons (Fsp3) is 0.455. The maximum atomic E-state index is 12.7. The second kappa shape index (κ2) is 4.47. The number of nitrogens with two attached hydrogens (primary N) is 1. The molecule has 0 radical (unpaired) electrons. The van der Waals surface area contributed by atoms with Crippen molar-refractivity contribution in [1.82, 2.24) is 4.98 Å². The quantitative estimate of drug-likeness (QED) is 0.790. The number of alkyl halides is 3. The highest BCUT2D eigenvalue weighted by Crippen LogP contribution is 2.34. The van der Waals surface area contributed by atoms with Gasteiger partial charge in [0, 0.05) is 6.20 Å². The molecule has 1 aromatic heterocycles. The van der Waals surface area contributed by atoms with Crippen molar-refractivity contribution in [1.29, 1.82) is 0 Å². The van der Waals surface area contributed by atoms with E-state index in [2.05, 4.69) is 4.98 Å². The van der Waals surface area contributed by atoms with Gasteiger partial charge in [-0.3, -0.25) is 0 Å². The van der Waals surface area contributed by atoms with E-state index in [9.17, 15) is 18.0 Å². The zero-order valence-corrected chi connectivity index (χ0v) is 10.1. The Balaban J connectivity index is 3.27. The third-order valence-corrected chi connectivity index (χ3v) is 1.89. The van der Waals surface area contributed by atoms with Gasteiger partial charge in [0.15, 0.2) is 0 Å². The lowest BCUT2D eigenvalue weighted by Crippen LogP contribution is -2.26. The largest absolute Gasteiger partial charge is 0.456 e. The molecule has 1 aromatic rings. The van der Waals surface area contributed by atoms with E-state index in [1.54, 1.807) is 20.8 Å². The summed E-state index contributed by atoms with van der Waals surface area (Å²) >= 11 is 0. The van der Waals surface area contributed by atoms with Gasteiger partial charge in [-0.05, 0) is 26.8 Å². The van der Waals surface area contributed by atoms with Crippen LogP contribution in [0.2, 0.25) is 0 Å². The molecule has 0 aliphatic carbocycles. The maximum absolute atomic E-state index is 12.7. The monoisotopic (exact) mass is 262 g/mol. The number of anilines is 1. The van der Waals surface area contributed by atoms with Gasteiger partial charge in [-0.2, -0.15) is 13.2 Å². The molecule has 0 bridgehead atoms. The van der Waals surface area contributed by atoms with Crippen LogP contribution in [0.25, 0.3) is 0 Å². The molecule has 0 unspecified atom stereocenters. The number of esters is 1. The van der Waals surface area contributed by atoms with Gasteiger partial charge < -0.3 is 10.5 Å². The van der Waals surface area contributed by atoms with Crippen molar-refractivity contribution in [3.63, 3.8) is 0 Å². The Kier molecular flexibility index (Phi) is 3.54. The van der Waals surface area contributed by atoms with Crippen LogP contribution in [-0.4, -0.2) is 16.6 Å². The van der Waals surface area contributed by atoms with Crippen LogP contribution >= 0.6 is 0 Å². The van der Waals surface area contributed by atoms with Gasteiger partial charge in [-0.15, -0.1) is 0 Å². The lowest BCUT2D eigenvalue weighted by Gasteiger charge is -2.21. The molecule has 0 atom stereocenters. The molecule has 18 heavy (non-hydrogen) atoms. The van der Waals surface area contributed by atoms with E-state index < -0.39 is 34.7 Å². The van der Waals surface area contributed by atoms with Crippen molar-refractivity contribution < 1.29 is 22.7 Å². The standard InChI is InChI=1S/C11H13F3N2O2/c1-10(2,3)18-9(17)7-6(11(12,13)14)4-5-16-8(7)15/h4-5H,1-3H3,(H2,15,16). The van der Waals surface area contributed by atoms with Gasteiger partial charge in [0.1, 0.15) is 17.0 Å². The van der Waals surface area contributed by atoms with Gasteiger partial charge in [0.25, 0.3) is 0 Å². The van der Waals surface area contributed by atoms with Crippen LogP contribution in [-0.2, 0) is 10.9 Å². The van der Waals surface area contributed by atoms with Crippen LogP contribution in [0.5, 0.6) is 0 Å².